The van der Waals surface area contributed by atoms with E-state index < -0.39 is 7.04 Å². The molecule has 120 valence electrons. The van der Waals surface area contributed by atoms with Crippen LogP contribution in [0.15, 0.2) is 53.5 Å². The van der Waals surface area contributed by atoms with Crippen molar-refractivity contribution in [2.75, 3.05) is 14.1 Å². The maximum Gasteiger partial charge on any atom is 0.282 e. The Morgan fingerprint density at radius 1 is 1.12 bits per heavy atom. The van der Waals surface area contributed by atoms with E-state index in [0.29, 0.717) is 33.6 Å². The number of nitrogens with zero attached hydrogens (tertiary/aromatic N) is 2. The van der Waals surface area contributed by atoms with Crippen molar-refractivity contribution >= 4 is 10.9 Å². The monoisotopic (exact) mass is 324 g/mol. The highest BCUT2D eigenvalue weighted by atomic mass is 16.5. The molecule has 0 saturated carbocycles. The summed E-state index contributed by atoms with van der Waals surface area (Å²) in [5, 5.41) is 5.15. The Bertz CT molecular complexity index is 1150. The Balaban J connectivity index is 1.84. The van der Waals surface area contributed by atoms with Crippen molar-refractivity contribution in [2.45, 2.75) is 0 Å². The maximum atomic E-state index is 12.7. The van der Waals surface area contributed by atoms with Gasteiger partial charge in [-0.15, -0.1) is 0 Å². The number of hydrogen-bond donors (Lipinski definition) is 1. The molecule has 0 bridgehead atoms. The zero-order valence-electron chi connectivity index (χ0n) is 15.7. The summed E-state index contributed by atoms with van der Waals surface area (Å²) in [5.74, 6) is 0.888. The molecule has 0 amide bonds. The Kier molecular flexibility index (Phi) is 2.55. The average molecular weight is 324 g/mol. The average Bonchev–Trinajstić information content (AvgIpc) is 2.97. The SMILES string of the molecule is [2H]C([2H])([2H])Oc1ccc2c3nn(-c4ccc(OC)cc4)c(=O)c-3c[nH]c2c1. The lowest BCUT2D eigenvalue weighted by atomic mass is 10.1. The quantitative estimate of drug-likeness (QED) is 0.629. The molecule has 6 nitrogen and oxygen atoms in total. The summed E-state index contributed by atoms with van der Waals surface area (Å²) >= 11 is 0. The molecule has 0 spiro atoms. The van der Waals surface area contributed by atoms with Crippen LogP contribution in [0.25, 0.3) is 27.8 Å². The first-order valence-corrected chi connectivity index (χ1v) is 7.23. The van der Waals surface area contributed by atoms with Gasteiger partial charge in [0.15, 0.2) is 0 Å². The molecule has 2 heterocycles. The van der Waals surface area contributed by atoms with Crippen LogP contribution in [0.4, 0.5) is 0 Å². The van der Waals surface area contributed by atoms with E-state index in [1.54, 1.807) is 55.8 Å². The van der Waals surface area contributed by atoms with E-state index in [1.807, 2.05) is 0 Å². The van der Waals surface area contributed by atoms with Gasteiger partial charge in [0.2, 0.25) is 0 Å². The summed E-state index contributed by atoms with van der Waals surface area (Å²) in [6.07, 6.45) is 1.56. The Morgan fingerprint density at radius 3 is 2.67 bits per heavy atom. The number of aromatic nitrogens is 3. The number of fused-ring (bicyclic) bond motifs is 3. The number of methoxy groups -OCH3 is 2. The second kappa shape index (κ2) is 5.42. The molecule has 0 atom stereocenters. The first kappa shape index (κ1) is 11.3. The predicted octanol–water partition coefficient (Wildman–Crippen LogP) is 2.84. The number of hydrogen-bond acceptors (Lipinski definition) is 4. The van der Waals surface area contributed by atoms with Crippen LogP contribution >= 0.6 is 0 Å². The van der Waals surface area contributed by atoms with E-state index in [1.165, 1.54) is 4.68 Å². The molecule has 4 rings (SSSR count). The fraction of sp³-hybridized carbons (Fsp3) is 0.111. The number of nitrogens with one attached hydrogen (secondary N) is 1. The van der Waals surface area contributed by atoms with E-state index in [4.69, 9.17) is 13.6 Å². The number of benzene rings is 2. The van der Waals surface area contributed by atoms with Crippen molar-refractivity contribution < 1.29 is 13.6 Å². The zero-order chi connectivity index (χ0) is 19.2. The summed E-state index contributed by atoms with van der Waals surface area (Å²) < 4.78 is 33.0. The standard InChI is InChI=1S/C18H15N3O3/c1-23-12-5-3-11(4-6-12)21-18(22)15-10-19-16-9-13(24-2)7-8-14(16)17(15)20-21/h3-10,19H,1-2H3/i2D3. The molecule has 0 saturated heterocycles. The zero-order valence-corrected chi connectivity index (χ0v) is 12.7. The molecule has 0 aromatic heterocycles. The molecule has 1 N–H and O–H groups in total. The van der Waals surface area contributed by atoms with Crippen LogP contribution in [-0.4, -0.2) is 28.9 Å². The molecule has 2 aromatic carbocycles. The van der Waals surface area contributed by atoms with E-state index in [9.17, 15) is 4.79 Å². The number of pyridine rings is 1. The van der Waals surface area contributed by atoms with Crippen LogP contribution < -0.4 is 15.0 Å². The number of aromatic amines is 1. The van der Waals surface area contributed by atoms with Gasteiger partial charge < -0.3 is 14.5 Å². The van der Waals surface area contributed by atoms with Crippen LogP contribution in [-0.2, 0) is 0 Å². The van der Waals surface area contributed by atoms with E-state index in [2.05, 4.69) is 10.1 Å². The third-order valence-corrected chi connectivity index (χ3v) is 3.93. The van der Waals surface area contributed by atoms with Crippen molar-refractivity contribution in [3.63, 3.8) is 0 Å². The molecule has 2 aliphatic rings. The van der Waals surface area contributed by atoms with Gasteiger partial charge in [0.1, 0.15) is 17.2 Å². The van der Waals surface area contributed by atoms with Gasteiger partial charge in [0, 0.05) is 17.6 Å². The van der Waals surface area contributed by atoms with Crippen LogP contribution in [0.1, 0.15) is 4.11 Å². The fourth-order valence-corrected chi connectivity index (χ4v) is 2.70. The highest BCUT2D eigenvalue weighted by molar-refractivity contribution is 5.93. The molecular weight excluding hydrogens is 306 g/mol. The molecule has 0 unspecified atom stereocenters. The van der Waals surface area contributed by atoms with Gasteiger partial charge in [-0.2, -0.15) is 9.78 Å². The minimum absolute atomic E-state index is 0.204. The Labute approximate surface area is 141 Å². The normalized spacial score (nSPS) is 13.5. The summed E-state index contributed by atoms with van der Waals surface area (Å²) in [4.78, 5) is 15.7. The second-order valence-corrected chi connectivity index (χ2v) is 5.28. The Morgan fingerprint density at radius 2 is 1.92 bits per heavy atom. The first-order chi connectivity index (χ1) is 12.9. The minimum Gasteiger partial charge on any atom is -0.497 e. The first-order valence-electron chi connectivity index (χ1n) is 8.73. The van der Waals surface area contributed by atoms with Gasteiger partial charge in [-0.3, -0.25) is 4.79 Å². The van der Waals surface area contributed by atoms with Crippen LogP contribution in [0, 0.1) is 0 Å². The van der Waals surface area contributed by atoms with Crippen molar-refractivity contribution in [2.24, 2.45) is 0 Å². The van der Waals surface area contributed by atoms with Crippen LogP contribution in [0.5, 0.6) is 11.5 Å². The van der Waals surface area contributed by atoms with Gasteiger partial charge in [-0.25, -0.2) is 0 Å². The lowest BCUT2D eigenvalue weighted by Crippen LogP contribution is -2.14. The summed E-state index contributed by atoms with van der Waals surface area (Å²) in [6.45, 7) is 0. The lowest BCUT2D eigenvalue weighted by molar-refractivity contribution is 0.414. The van der Waals surface area contributed by atoms with Gasteiger partial charge in [-0.05, 0) is 36.4 Å². The van der Waals surface area contributed by atoms with Gasteiger partial charge >= 0.3 is 0 Å². The third kappa shape index (κ3) is 2.11. The summed E-state index contributed by atoms with van der Waals surface area (Å²) in [5.41, 5.74) is 1.93. The molecule has 0 radical (unpaired) electrons. The van der Waals surface area contributed by atoms with Gasteiger partial charge in [0.05, 0.1) is 35.0 Å². The number of H-pyrrole nitrogens is 1. The smallest absolute Gasteiger partial charge is 0.282 e. The third-order valence-electron chi connectivity index (χ3n) is 3.93. The fourth-order valence-electron chi connectivity index (χ4n) is 2.70. The maximum absolute atomic E-state index is 12.7. The lowest BCUT2D eigenvalue weighted by Gasteiger charge is -2.05. The highest BCUT2D eigenvalue weighted by Crippen LogP contribution is 2.28. The van der Waals surface area contributed by atoms with Crippen molar-refractivity contribution in [1.29, 1.82) is 0 Å². The molecule has 2 aromatic rings. The van der Waals surface area contributed by atoms with Gasteiger partial charge in [0.25, 0.3) is 5.56 Å². The molecule has 6 heteroatoms. The van der Waals surface area contributed by atoms with Crippen molar-refractivity contribution in [1.82, 2.24) is 14.8 Å². The topological polar surface area (TPSA) is 69.1 Å². The summed E-state index contributed by atoms with van der Waals surface area (Å²) in [6, 6.07) is 11.8. The van der Waals surface area contributed by atoms with Crippen molar-refractivity contribution in [3.8, 4) is 28.4 Å². The van der Waals surface area contributed by atoms with Crippen molar-refractivity contribution in [3.05, 3.63) is 59.0 Å². The summed E-state index contributed by atoms with van der Waals surface area (Å²) in [7, 11) is -0.960. The van der Waals surface area contributed by atoms with E-state index >= 15 is 0 Å². The highest BCUT2D eigenvalue weighted by Gasteiger charge is 2.19. The molecule has 0 aliphatic carbocycles. The van der Waals surface area contributed by atoms with Crippen LogP contribution in [0.3, 0.4) is 0 Å². The number of ether oxygens (including phenoxy) is 2. The second-order valence-electron chi connectivity index (χ2n) is 5.28. The van der Waals surface area contributed by atoms with Gasteiger partial charge in [-0.1, -0.05) is 0 Å². The number of rotatable bonds is 3. The van der Waals surface area contributed by atoms with Crippen LogP contribution in [0.2, 0.25) is 0 Å². The molecule has 2 aliphatic heterocycles. The predicted molar refractivity (Wildman–Crippen MR) is 91.4 cm³/mol. The molecular formula is C18H15N3O3. The largest absolute Gasteiger partial charge is 0.497 e. The minimum atomic E-state index is -2.53. The molecule has 24 heavy (non-hydrogen) atoms. The Hall–Kier alpha value is -3.28. The van der Waals surface area contributed by atoms with E-state index in [-0.39, 0.29) is 11.3 Å². The van der Waals surface area contributed by atoms with E-state index in [0.717, 1.165) is 0 Å². The molecule has 0 fully saturated rings.